The van der Waals surface area contributed by atoms with Crippen molar-refractivity contribution in [1.82, 2.24) is 15.2 Å². The van der Waals surface area contributed by atoms with Gasteiger partial charge >= 0.3 is 0 Å². The van der Waals surface area contributed by atoms with Gasteiger partial charge in [-0.3, -0.25) is 9.69 Å². The van der Waals surface area contributed by atoms with Crippen LogP contribution in [0, 0.1) is 0 Å². The lowest BCUT2D eigenvalue weighted by Crippen LogP contribution is -2.38. The highest BCUT2D eigenvalue weighted by atomic mass is 16.5. The van der Waals surface area contributed by atoms with E-state index in [1.54, 1.807) is 0 Å². The molecule has 1 aliphatic heterocycles. The van der Waals surface area contributed by atoms with Crippen LogP contribution in [0.15, 0.2) is 54.6 Å². The number of para-hydroxylation sites is 1. The van der Waals surface area contributed by atoms with Crippen LogP contribution < -0.4 is 5.32 Å². The van der Waals surface area contributed by atoms with E-state index in [2.05, 4.69) is 41.4 Å². The summed E-state index contributed by atoms with van der Waals surface area (Å²) in [7, 11) is 0. The van der Waals surface area contributed by atoms with Gasteiger partial charge in [-0.25, -0.2) is 4.98 Å². The molecule has 0 radical (unpaired) electrons. The molecule has 0 saturated carbocycles. The van der Waals surface area contributed by atoms with Gasteiger partial charge in [0.15, 0.2) is 0 Å². The molecule has 0 aliphatic carbocycles. The molecule has 0 bridgehead atoms. The maximum atomic E-state index is 13.0. The fraction of sp³-hybridized carbons (Fsp3) is 0.360. The van der Waals surface area contributed by atoms with E-state index in [4.69, 9.17) is 9.72 Å². The topological polar surface area (TPSA) is 54.5 Å². The Morgan fingerprint density at radius 2 is 1.87 bits per heavy atom. The molecule has 5 nitrogen and oxygen atoms in total. The summed E-state index contributed by atoms with van der Waals surface area (Å²) in [6, 6.07) is 18.2. The van der Waals surface area contributed by atoms with Crippen molar-refractivity contribution in [2.75, 3.05) is 39.4 Å². The van der Waals surface area contributed by atoms with E-state index in [0.717, 1.165) is 67.8 Å². The molecule has 1 N–H and O–H groups in total. The largest absolute Gasteiger partial charge is 0.379 e. The third-order valence-electron chi connectivity index (χ3n) is 5.66. The first kappa shape index (κ1) is 20.5. The summed E-state index contributed by atoms with van der Waals surface area (Å²) in [6.45, 7) is 7.34. The van der Waals surface area contributed by atoms with Gasteiger partial charge in [0.2, 0.25) is 0 Å². The van der Waals surface area contributed by atoms with E-state index < -0.39 is 0 Å². The number of rotatable bonds is 7. The number of pyridine rings is 1. The molecule has 2 aromatic carbocycles. The minimum Gasteiger partial charge on any atom is -0.379 e. The Hall–Kier alpha value is -2.76. The number of hydrogen-bond acceptors (Lipinski definition) is 4. The Bertz CT molecular complexity index is 995. The first-order valence-corrected chi connectivity index (χ1v) is 10.8. The molecule has 1 amide bonds. The Morgan fingerprint density at radius 3 is 2.63 bits per heavy atom. The highest BCUT2D eigenvalue weighted by molar-refractivity contribution is 6.07. The van der Waals surface area contributed by atoms with Crippen LogP contribution in [0.5, 0.6) is 0 Å². The molecule has 156 valence electrons. The summed E-state index contributed by atoms with van der Waals surface area (Å²) in [5.74, 6) is -0.0398. The van der Waals surface area contributed by atoms with Crippen LogP contribution in [0.3, 0.4) is 0 Å². The summed E-state index contributed by atoms with van der Waals surface area (Å²) in [5.41, 5.74) is 4.67. The predicted molar refractivity (Wildman–Crippen MR) is 121 cm³/mol. The van der Waals surface area contributed by atoms with Crippen LogP contribution >= 0.6 is 0 Å². The Labute approximate surface area is 178 Å². The number of hydrogen-bond donors (Lipinski definition) is 1. The number of nitrogens with one attached hydrogen (secondary N) is 1. The molecular formula is C25H29N3O2. The summed E-state index contributed by atoms with van der Waals surface area (Å²) in [6.07, 6.45) is 1.93. The van der Waals surface area contributed by atoms with Crippen LogP contribution in [0.4, 0.5) is 0 Å². The van der Waals surface area contributed by atoms with Gasteiger partial charge < -0.3 is 10.1 Å². The van der Waals surface area contributed by atoms with Crippen molar-refractivity contribution in [3.05, 3.63) is 65.7 Å². The number of carbonyl (C=O) groups is 1. The summed E-state index contributed by atoms with van der Waals surface area (Å²) in [4.78, 5) is 20.2. The molecule has 1 aromatic heterocycles. The quantitative estimate of drug-likeness (QED) is 0.608. The fourth-order valence-electron chi connectivity index (χ4n) is 3.85. The van der Waals surface area contributed by atoms with Gasteiger partial charge in [0, 0.05) is 30.6 Å². The number of aromatic nitrogens is 1. The molecule has 1 aliphatic rings. The van der Waals surface area contributed by atoms with Crippen LogP contribution in [-0.4, -0.2) is 55.2 Å². The molecule has 0 unspecified atom stereocenters. The van der Waals surface area contributed by atoms with Crippen molar-refractivity contribution < 1.29 is 9.53 Å². The number of morpholine rings is 1. The Morgan fingerprint density at radius 1 is 1.10 bits per heavy atom. The molecule has 0 atom stereocenters. The van der Waals surface area contributed by atoms with Crippen molar-refractivity contribution in [3.63, 3.8) is 0 Å². The monoisotopic (exact) mass is 403 g/mol. The van der Waals surface area contributed by atoms with Gasteiger partial charge in [0.05, 0.1) is 30.0 Å². The van der Waals surface area contributed by atoms with Crippen molar-refractivity contribution >= 4 is 16.8 Å². The third kappa shape index (κ3) is 4.86. The molecule has 4 rings (SSSR count). The molecule has 2 heterocycles. The van der Waals surface area contributed by atoms with E-state index in [-0.39, 0.29) is 5.91 Å². The second-order valence-electron chi connectivity index (χ2n) is 7.69. The molecule has 0 spiro atoms. The summed E-state index contributed by atoms with van der Waals surface area (Å²) < 4.78 is 5.39. The zero-order valence-electron chi connectivity index (χ0n) is 17.6. The van der Waals surface area contributed by atoms with Crippen molar-refractivity contribution in [2.24, 2.45) is 0 Å². The number of fused-ring (bicyclic) bond motifs is 1. The number of aryl methyl sites for hydroxylation is 1. The second kappa shape index (κ2) is 9.83. The number of carbonyl (C=O) groups excluding carboxylic acids is 1. The SMILES string of the molecule is CCc1ccc(-c2cc(C(=O)NCCCN3CCOCC3)c3ccccc3n2)cc1. The van der Waals surface area contributed by atoms with E-state index in [1.165, 1.54) is 5.56 Å². The fourth-order valence-corrected chi connectivity index (χ4v) is 3.85. The third-order valence-corrected chi connectivity index (χ3v) is 5.66. The zero-order valence-corrected chi connectivity index (χ0v) is 17.6. The minimum absolute atomic E-state index is 0.0398. The van der Waals surface area contributed by atoms with Gasteiger partial charge in [0.1, 0.15) is 0 Å². The molecule has 5 heteroatoms. The second-order valence-corrected chi connectivity index (χ2v) is 7.69. The van der Waals surface area contributed by atoms with Crippen LogP contribution in [-0.2, 0) is 11.2 Å². The average molecular weight is 404 g/mol. The van der Waals surface area contributed by atoms with E-state index in [0.29, 0.717) is 12.1 Å². The number of ether oxygens (including phenoxy) is 1. The summed E-state index contributed by atoms with van der Waals surface area (Å²) in [5, 5.41) is 3.99. The highest BCUT2D eigenvalue weighted by Gasteiger charge is 2.14. The van der Waals surface area contributed by atoms with E-state index in [1.807, 2.05) is 30.3 Å². The maximum absolute atomic E-state index is 13.0. The Kier molecular flexibility index (Phi) is 6.72. The molecule has 3 aromatic rings. The smallest absolute Gasteiger partial charge is 0.252 e. The number of amides is 1. The summed E-state index contributed by atoms with van der Waals surface area (Å²) >= 11 is 0. The van der Waals surface area contributed by atoms with Gasteiger partial charge in [-0.15, -0.1) is 0 Å². The van der Waals surface area contributed by atoms with Gasteiger partial charge in [0.25, 0.3) is 5.91 Å². The van der Waals surface area contributed by atoms with Crippen molar-refractivity contribution in [3.8, 4) is 11.3 Å². The van der Waals surface area contributed by atoms with E-state index >= 15 is 0 Å². The van der Waals surface area contributed by atoms with Gasteiger partial charge in [-0.2, -0.15) is 0 Å². The molecule has 30 heavy (non-hydrogen) atoms. The minimum atomic E-state index is -0.0398. The van der Waals surface area contributed by atoms with Crippen LogP contribution in [0.25, 0.3) is 22.2 Å². The molecular weight excluding hydrogens is 374 g/mol. The predicted octanol–water partition coefficient (Wildman–Crippen LogP) is 3.92. The van der Waals surface area contributed by atoms with Gasteiger partial charge in [-0.05, 0) is 37.1 Å². The first-order chi connectivity index (χ1) is 14.7. The number of nitrogens with zero attached hydrogens (tertiary/aromatic N) is 2. The molecule has 1 saturated heterocycles. The van der Waals surface area contributed by atoms with Crippen LogP contribution in [0.1, 0.15) is 29.3 Å². The lowest BCUT2D eigenvalue weighted by Gasteiger charge is -2.26. The van der Waals surface area contributed by atoms with Crippen molar-refractivity contribution in [2.45, 2.75) is 19.8 Å². The number of benzene rings is 2. The zero-order chi connectivity index (χ0) is 20.8. The average Bonchev–Trinajstić information content (AvgIpc) is 2.81. The normalized spacial score (nSPS) is 14.7. The lowest BCUT2D eigenvalue weighted by molar-refractivity contribution is 0.0374. The van der Waals surface area contributed by atoms with E-state index in [9.17, 15) is 4.79 Å². The molecule has 1 fully saturated rings. The standard InChI is InChI=1S/C25H29N3O2/c1-2-19-8-10-20(11-9-19)24-18-22(21-6-3-4-7-23(21)27-24)25(29)26-12-5-13-28-14-16-30-17-15-28/h3-4,6-11,18H,2,5,12-17H2,1H3,(H,26,29). The highest BCUT2D eigenvalue weighted by Crippen LogP contribution is 2.25. The van der Waals surface area contributed by atoms with Crippen LogP contribution in [0.2, 0.25) is 0 Å². The van der Waals surface area contributed by atoms with Gasteiger partial charge in [-0.1, -0.05) is 49.4 Å². The van der Waals surface area contributed by atoms with Crippen molar-refractivity contribution in [1.29, 1.82) is 0 Å². The Balaban J connectivity index is 1.50. The first-order valence-electron chi connectivity index (χ1n) is 10.8. The maximum Gasteiger partial charge on any atom is 0.252 e. The lowest BCUT2D eigenvalue weighted by atomic mass is 10.0.